The smallest absolute Gasteiger partial charge is 0.145 e. The summed E-state index contributed by atoms with van der Waals surface area (Å²) in [4.78, 5) is 10.5. The Bertz CT molecular complexity index is 3330. The van der Waals surface area contributed by atoms with Gasteiger partial charge in [-0.05, 0) is 71.8 Å². The lowest BCUT2D eigenvalue weighted by molar-refractivity contribution is 0.668. The van der Waals surface area contributed by atoms with Crippen molar-refractivity contribution in [3.63, 3.8) is 0 Å². The van der Waals surface area contributed by atoms with Crippen molar-refractivity contribution in [2.24, 2.45) is 0 Å². The van der Waals surface area contributed by atoms with Crippen LogP contribution in [0.1, 0.15) is 0 Å². The molecule has 0 N–H and O–H groups in total. The fourth-order valence-corrected chi connectivity index (χ4v) is 9.33. The Kier molecular flexibility index (Phi) is 6.73. The summed E-state index contributed by atoms with van der Waals surface area (Å²) >= 11 is 1.73. The molecule has 0 aliphatic rings. The van der Waals surface area contributed by atoms with E-state index in [0.717, 1.165) is 115 Å². The molecule has 0 saturated carbocycles. The Morgan fingerprint density at radius 1 is 0.429 bits per heavy atom. The van der Waals surface area contributed by atoms with Crippen molar-refractivity contribution < 1.29 is 8.83 Å². The van der Waals surface area contributed by atoms with Gasteiger partial charge in [-0.2, -0.15) is 0 Å². The normalized spacial score (nSPS) is 11.9. The van der Waals surface area contributed by atoms with Gasteiger partial charge < -0.3 is 8.83 Å². The summed E-state index contributed by atoms with van der Waals surface area (Å²) in [6, 6.07) is 61.3. The highest BCUT2D eigenvalue weighted by atomic mass is 32.1. The lowest BCUT2D eigenvalue weighted by Crippen LogP contribution is -1.97. The molecular formula is C50H29N3O2S. The first-order valence-corrected chi connectivity index (χ1v) is 19.5. The average Bonchev–Trinajstić information content (AvgIpc) is 4.05. The van der Waals surface area contributed by atoms with Crippen molar-refractivity contribution in [3.8, 4) is 49.9 Å². The summed E-state index contributed by atoms with van der Waals surface area (Å²) in [6.45, 7) is 0. The maximum absolute atomic E-state index is 6.20. The molecule has 0 unspecified atom stereocenters. The number of imidazole rings is 1. The van der Waals surface area contributed by atoms with Crippen LogP contribution < -0.4 is 0 Å². The minimum atomic E-state index is 0.878. The molecule has 4 aromatic heterocycles. The fraction of sp³-hybridized carbons (Fsp3) is 0. The van der Waals surface area contributed by atoms with Crippen molar-refractivity contribution in [2.45, 2.75) is 0 Å². The first kappa shape index (κ1) is 31.1. The van der Waals surface area contributed by atoms with E-state index in [1.165, 1.54) is 0 Å². The van der Waals surface area contributed by atoms with Crippen LogP contribution in [0.2, 0.25) is 0 Å². The van der Waals surface area contributed by atoms with E-state index < -0.39 is 0 Å². The van der Waals surface area contributed by atoms with Gasteiger partial charge in [0.05, 0.1) is 21.3 Å². The highest BCUT2D eigenvalue weighted by molar-refractivity contribution is 7.22. The second-order valence-electron chi connectivity index (χ2n) is 14.1. The highest BCUT2D eigenvalue weighted by Gasteiger charge is 2.20. The molecule has 4 heterocycles. The van der Waals surface area contributed by atoms with Gasteiger partial charge in [0, 0.05) is 49.5 Å². The van der Waals surface area contributed by atoms with E-state index in [9.17, 15) is 0 Å². The summed E-state index contributed by atoms with van der Waals surface area (Å²) in [5.41, 5.74) is 14.2. The van der Waals surface area contributed by atoms with Crippen LogP contribution in [-0.4, -0.2) is 14.5 Å². The zero-order valence-corrected chi connectivity index (χ0v) is 30.6. The summed E-state index contributed by atoms with van der Waals surface area (Å²) in [7, 11) is 0. The summed E-state index contributed by atoms with van der Waals surface area (Å²) in [5, 5.41) is 5.39. The SMILES string of the molecule is c1ccc(-n2c(-c3ccc(-c4nc5c(-c6ccc7oc8ccccc8c7c6)ccc(-c6ccc7oc8ccccc8c7c6)c5s4)cc3)nc3ccccc32)cc1. The van der Waals surface area contributed by atoms with Crippen molar-refractivity contribution in [1.29, 1.82) is 0 Å². The standard InChI is InChI=1S/C50H29N3O2S/c1-2-10-34(11-3-1)53-42-15-7-6-14-41(42)51-49(53)30-18-20-31(21-19-30)50-52-47-35(32-22-26-45-39(28-32)37-12-4-8-16-43(37)54-45)24-25-36(48(47)56-50)33-23-27-46-40(29-33)38-13-5-9-17-44(38)55-46/h1-29H. The number of aromatic nitrogens is 3. The highest BCUT2D eigenvalue weighted by Crippen LogP contribution is 2.44. The quantitative estimate of drug-likeness (QED) is 0.177. The lowest BCUT2D eigenvalue weighted by Gasteiger charge is -2.09. The Morgan fingerprint density at radius 3 is 1.70 bits per heavy atom. The Morgan fingerprint density at radius 2 is 0.982 bits per heavy atom. The number of nitrogens with zero attached hydrogens (tertiary/aromatic N) is 3. The summed E-state index contributed by atoms with van der Waals surface area (Å²) in [6.07, 6.45) is 0. The zero-order chi connectivity index (χ0) is 36.7. The molecule has 0 bridgehead atoms. The molecule has 0 amide bonds. The topological polar surface area (TPSA) is 57.0 Å². The number of hydrogen-bond donors (Lipinski definition) is 0. The maximum Gasteiger partial charge on any atom is 0.145 e. The van der Waals surface area contributed by atoms with Gasteiger partial charge in [0.1, 0.15) is 33.2 Å². The lowest BCUT2D eigenvalue weighted by atomic mass is 9.97. The number of para-hydroxylation sites is 5. The van der Waals surface area contributed by atoms with Gasteiger partial charge in [0.15, 0.2) is 0 Å². The van der Waals surface area contributed by atoms with Crippen LogP contribution in [0.15, 0.2) is 185 Å². The van der Waals surface area contributed by atoms with Crippen LogP contribution in [0.3, 0.4) is 0 Å². The molecule has 12 rings (SSSR count). The number of benzene rings is 8. The molecule has 12 aromatic rings. The number of hydrogen-bond acceptors (Lipinski definition) is 5. The second kappa shape index (κ2) is 12.1. The van der Waals surface area contributed by atoms with Gasteiger partial charge in [-0.1, -0.05) is 115 Å². The van der Waals surface area contributed by atoms with E-state index in [1.807, 2.05) is 36.4 Å². The molecule has 0 saturated heterocycles. The van der Waals surface area contributed by atoms with E-state index in [2.05, 4.69) is 144 Å². The maximum atomic E-state index is 6.20. The number of thiazole rings is 1. The van der Waals surface area contributed by atoms with Crippen LogP contribution in [0.4, 0.5) is 0 Å². The third-order valence-corrected chi connectivity index (χ3v) is 12.0. The number of fused-ring (bicyclic) bond motifs is 8. The minimum absolute atomic E-state index is 0.878. The van der Waals surface area contributed by atoms with Crippen LogP contribution in [0.5, 0.6) is 0 Å². The molecular weight excluding hydrogens is 707 g/mol. The molecule has 0 radical (unpaired) electrons. The molecule has 6 heteroatoms. The fourth-order valence-electron chi connectivity index (χ4n) is 8.20. The zero-order valence-electron chi connectivity index (χ0n) is 29.8. The summed E-state index contributed by atoms with van der Waals surface area (Å²) in [5.74, 6) is 0.905. The molecule has 56 heavy (non-hydrogen) atoms. The van der Waals surface area contributed by atoms with Crippen LogP contribution in [0.25, 0.3) is 115 Å². The van der Waals surface area contributed by atoms with Crippen molar-refractivity contribution in [1.82, 2.24) is 14.5 Å². The van der Waals surface area contributed by atoms with Gasteiger partial charge in [-0.15, -0.1) is 11.3 Å². The average molecular weight is 736 g/mol. The molecule has 5 nitrogen and oxygen atoms in total. The number of furan rings is 2. The van der Waals surface area contributed by atoms with Crippen molar-refractivity contribution in [2.75, 3.05) is 0 Å². The second-order valence-corrected chi connectivity index (χ2v) is 15.1. The van der Waals surface area contributed by atoms with Crippen LogP contribution >= 0.6 is 11.3 Å². The molecule has 0 aliphatic heterocycles. The third-order valence-electron chi connectivity index (χ3n) is 10.9. The van der Waals surface area contributed by atoms with Crippen LogP contribution in [-0.2, 0) is 0 Å². The van der Waals surface area contributed by atoms with E-state index in [0.29, 0.717) is 0 Å². The van der Waals surface area contributed by atoms with Gasteiger partial charge in [0.25, 0.3) is 0 Å². The van der Waals surface area contributed by atoms with E-state index in [-0.39, 0.29) is 0 Å². The predicted octanol–water partition coefficient (Wildman–Crippen LogP) is 14.1. The first-order chi connectivity index (χ1) is 27.7. The molecule has 0 spiro atoms. The molecule has 0 fully saturated rings. The monoisotopic (exact) mass is 735 g/mol. The van der Waals surface area contributed by atoms with Crippen LogP contribution in [0, 0.1) is 0 Å². The molecule has 262 valence electrons. The molecule has 0 atom stereocenters. The van der Waals surface area contributed by atoms with Gasteiger partial charge >= 0.3 is 0 Å². The first-order valence-electron chi connectivity index (χ1n) is 18.6. The largest absolute Gasteiger partial charge is 0.456 e. The van der Waals surface area contributed by atoms with Crippen molar-refractivity contribution in [3.05, 3.63) is 176 Å². The molecule has 8 aromatic carbocycles. The molecule has 0 aliphatic carbocycles. The summed E-state index contributed by atoms with van der Waals surface area (Å²) < 4.78 is 15.8. The third kappa shape index (κ3) is 4.79. The number of rotatable bonds is 5. The van der Waals surface area contributed by atoms with Gasteiger partial charge in [-0.25, -0.2) is 9.97 Å². The van der Waals surface area contributed by atoms with Crippen molar-refractivity contribution >= 4 is 76.5 Å². The Labute approximate surface area is 324 Å². The van der Waals surface area contributed by atoms with E-state index in [1.54, 1.807) is 11.3 Å². The minimum Gasteiger partial charge on any atom is -0.456 e. The Hall–Kier alpha value is -7.28. The van der Waals surface area contributed by atoms with E-state index in [4.69, 9.17) is 18.8 Å². The van der Waals surface area contributed by atoms with Gasteiger partial charge in [-0.3, -0.25) is 4.57 Å². The predicted molar refractivity (Wildman–Crippen MR) is 231 cm³/mol. The van der Waals surface area contributed by atoms with Gasteiger partial charge in [0.2, 0.25) is 0 Å². The Balaban J connectivity index is 1.03. The van der Waals surface area contributed by atoms with E-state index >= 15 is 0 Å².